The molecule has 1 unspecified atom stereocenters. The third-order valence-electron chi connectivity index (χ3n) is 4.21. The van der Waals surface area contributed by atoms with Gasteiger partial charge in [-0.1, -0.05) is 13.3 Å². The van der Waals surface area contributed by atoms with Crippen LogP contribution in [-0.4, -0.2) is 33.4 Å². The van der Waals surface area contributed by atoms with Gasteiger partial charge in [-0.2, -0.15) is 0 Å². The molecule has 0 radical (unpaired) electrons. The van der Waals surface area contributed by atoms with Crippen LogP contribution in [0.15, 0.2) is 24.5 Å². The SMILES string of the molecule is CCN1CCCCC1Cc1ncc2cc(N)ccn12. The van der Waals surface area contributed by atoms with Crippen molar-refractivity contribution in [3.8, 4) is 0 Å². The van der Waals surface area contributed by atoms with Crippen LogP contribution in [0.1, 0.15) is 32.0 Å². The van der Waals surface area contributed by atoms with Gasteiger partial charge in [0.15, 0.2) is 0 Å². The van der Waals surface area contributed by atoms with E-state index in [0.29, 0.717) is 6.04 Å². The van der Waals surface area contributed by atoms with Gasteiger partial charge in [0.2, 0.25) is 0 Å². The Balaban J connectivity index is 1.84. The van der Waals surface area contributed by atoms with Crippen LogP contribution >= 0.6 is 0 Å². The smallest absolute Gasteiger partial charge is 0.114 e. The lowest BCUT2D eigenvalue weighted by atomic mass is 9.99. The zero-order valence-electron chi connectivity index (χ0n) is 11.5. The third kappa shape index (κ3) is 2.45. The lowest BCUT2D eigenvalue weighted by Gasteiger charge is -2.34. The fraction of sp³-hybridized carbons (Fsp3) is 0.533. The van der Waals surface area contributed by atoms with Crippen molar-refractivity contribution in [2.75, 3.05) is 18.8 Å². The largest absolute Gasteiger partial charge is 0.399 e. The van der Waals surface area contributed by atoms with Crippen LogP contribution in [0, 0.1) is 0 Å². The summed E-state index contributed by atoms with van der Waals surface area (Å²) < 4.78 is 2.17. The topological polar surface area (TPSA) is 46.6 Å². The van der Waals surface area contributed by atoms with Gasteiger partial charge in [0, 0.05) is 24.3 Å². The number of hydrogen-bond acceptors (Lipinski definition) is 3. The predicted molar refractivity (Wildman–Crippen MR) is 78.2 cm³/mol. The fourth-order valence-electron chi connectivity index (χ4n) is 3.14. The van der Waals surface area contributed by atoms with Crippen LogP contribution in [0.2, 0.25) is 0 Å². The minimum absolute atomic E-state index is 0.641. The molecule has 1 aliphatic rings. The van der Waals surface area contributed by atoms with Crippen LogP contribution in [-0.2, 0) is 6.42 Å². The van der Waals surface area contributed by atoms with Crippen LogP contribution < -0.4 is 5.73 Å². The molecule has 2 aromatic heterocycles. The van der Waals surface area contributed by atoms with E-state index in [4.69, 9.17) is 5.73 Å². The Kier molecular flexibility index (Phi) is 3.42. The second-order valence-electron chi connectivity index (χ2n) is 5.41. The maximum atomic E-state index is 5.81. The van der Waals surface area contributed by atoms with E-state index < -0.39 is 0 Å². The van der Waals surface area contributed by atoms with E-state index in [9.17, 15) is 0 Å². The van der Waals surface area contributed by atoms with Crippen molar-refractivity contribution >= 4 is 11.2 Å². The lowest BCUT2D eigenvalue weighted by Crippen LogP contribution is -2.40. The molecule has 0 aliphatic carbocycles. The first-order valence-electron chi connectivity index (χ1n) is 7.23. The molecule has 1 fully saturated rings. The number of nitrogens with two attached hydrogens (primary N) is 1. The number of likely N-dealkylation sites (N-methyl/N-ethyl adjacent to an activating group) is 1. The van der Waals surface area contributed by atoms with Gasteiger partial charge in [-0.3, -0.25) is 0 Å². The normalized spacial score (nSPS) is 21.0. The summed E-state index contributed by atoms with van der Waals surface area (Å²) in [6, 6.07) is 4.56. The Morgan fingerprint density at radius 1 is 1.42 bits per heavy atom. The molecule has 1 aliphatic heterocycles. The Bertz CT molecular complexity index is 560. The molecule has 0 aromatic carbocycles. The Morgan fingerprint density at radius 2 is 2.32 bits per heavy atom. The summed E-state index contributed by atoms with van der Waals surface area (Å²) in [5, 5.41) is 0. The number of hydrogen-bond donors (Lipinski definition) is 1. The molecule has 3 heterocycles. The van der Waals surface area contributed by atoms with Gasteiger partial charge in [-0.05, 0) is 38.1 Å². The Hall–Kier alpha value is -1.55. The average molecular weight is 258 g/mol. The number of rotatable bonds is 3. The Morgan fingerprint density at radius 3 is 3.16 bits per heavy atom. The predicted octanol–water partition coefficient (Wildman–Crippen LogP) is 2.33. The van der Waals surface area contributed by atoms with Gasteiger partial charge in [0.25, 0.3) is 0 Å². The van der Waals surface area contributed by atoms with Crippen molar-refractivity contribution in [3.05, 3.63) is 30.4 Å². The van der Waals surface area contributed by atoms with Gasteiger partial charge in [-0.15, -0.1) is 0 Å². The molecule has 2 N–H and O–H groups in total. The third-order valence-corrected chi connectivity index (χ3v) is 4.21. The first-order chi connectivity index (χ1) is 9.28. The molecule has 2 aromatic rings. The monoisotopic (exact) mass is 258 g/mol. The molecule has 1 atom stereocenters. The molecule has 0 spiro atoms. The van der Waals surface area contributed by atoms with E-state index in [2.05, 4.69) is 21.2 Å². The van der Waals surface area contributed by atoms with Crippen molar-refractivity contribution in [2.45, 2.75) is 38.6 Å². The fourth-order valence-corrected chi connectivity index (χ4v) is 3.14. The van der Waals surface area contributed by atoms with Crippen molar-refractivity contribution in [1.29, 1.82) is 0 Å². The molecule has 4 nitrogen and oxygen atoms in total. The quantitative estimate of drug-likeness (QED) is 0.919. The van der Waals surface area contributed by atoms with Gasteiger partial charge in [0.1, 0.15) is 5.82 Å². The summed E-state index contributed by atoms with van der Waals surface area (Å²) in [4.78, 5) is 7.17. The zero-order chi connectivity index (χ0) is 13.2. The van der Waals surface area contributed by atoms with E-state index in [1.165, 1.54) is 25.8 Å². The number of aromatic nitrogens is 2. The number of nitrogen functional groups attached to an aromatic ring is 1. The van der Waals surface area contributed by atoms with Crippen molar-refractivity contribution in [1.82, 2.24) is 14.3 Å². The summed E-state index contributed by atoms with van der Waals surface area (Å²) in [6.45, 7) is 4.63. The number of fused-ring (bicyclic) bond motifs is 1. The first kappa shape index (κ1) is 12.5. The minimum Gasteiger partial charge on any atom is -0.399 e. The molecule has 19 heavy (non-hydrogen) atoms. The highest BCUT2D eigenvalue weighted by Gasteiger charge is 2.22. The second-order valence-corrected chi connectivity index (χ2v) is 5.41. The van der Waals surface area contributed by atoms with E-state index in [0.717, 1.165) is 30.0 Å². The highest BCUT2D eigenvalue weighted by Crippen LogP contribution is 2.21. The lowest BCUT2D eigenvalue weighted by molar-refractivity contribution is 0.153. The number of imidazole rings is 1. The summed E-state index contributed by atoms with van der Waals surface area (Å²) in [6.07, 6.45) is 8.96. The molecule has 102 valence electrons. The second kappa shape index (κ2) is 5.21. The Labute approximate surface area is 114 Å². The number of anilines is 1. The maximum Gasteiger partial charge on any atom is 0.114 e. The summed E-state index contributed by atoms with van der Waals surface area (Å²) >= 11 is 0. The van der Waals surface area contributed by atoms with Crippen molar-refractivity contribution in [3.63, 3.8) is 0 Å². The first-order valence-corrected chi connectivity index (χ1v) is 7.23. The number of nitrogens with zero attached hydrogens (tertiary/aromatic N) is 3. The van der Waals surface area contributed by atoms with Crippen molar-refractivity contribution < 1.29 is 0 Å². The molecular weight excluding hydrogens is 236 g/mol. The number of likely N-dealkylation sites (tertiary alicyclic amines) is 1. The van der Waals surface area contributed by atoms with Gasteiger partial charge in [0.05, 0.1) is 11.7 Å². The summed E-state index contributed by atoms with van der Waals surface area (Å²) in [7, 11) is 0. The molecule has 4 heteroatoms. The highest BCUT2D eigenvalue weighted by molar-refractivity contribution is 5.55. The molecule has 0 bridgehead atoms. The van der Waals surface area contributed by atoms with Gasteiger partial charge in [-0.25, -0.2) is 4.98 Å². The van der Waals surface area contributed by atoms with Crippen LogP contribution in [0.4, 0.5) is 5.69 Å². The molecular formula is C15H22N4. The standard InChI is InChI=1S/C15H22N4/c1-2-18-7-4-3-5-13(18)10-15-17-11-14-9-12(16)6-8-19(14)15/h6,8-9,11,13H,2-5,7,10,16H2,1H3. The summed E-state index contributed by atoms with van der Waals surface area (Å²) in [5.41, 5.74) is 7.70. The average Bonchev–Trinajstić information content (AvgIpc) is 2.82. The molecule has 0 amide bonds. The maximum absolute atomic E-state index is 5.81. The van der Waals surface area contributed by atoms with Gasteiger partial charge >= 0.3 is 0 Å². The highest BCUT2D eigenvalue weighted by atomic mass is 15.2. The number of pyridine rings is 1. The molecule has 0 saturated carbocycles. The van der Waals surface area contributed by atoms with Gasteiger partial charge < -0.3 is 15.0 Å². The summed E-state index contributed by atoms with van der Waals surface area (Å²) in [5.74, 6) is 1.15. The van der Waals surface area contributed by atoms with Crippen LogP contribution in [0.5, 0.6) is 0 Å². The number of piperidine rings is 1. The van der Waals surface area contributed by atoms with E-state index in [-0.39, 0.29) is 0 Å². The molecule has 3 rings (SSSR count). The van der Waals surface area contributed by atoms with E-state index >= 15 is 0 Å². The van der Waals surface area contributed by atoms with Crippen LogP contribution in [0.25, 0.3) is 5.52 Å². The van der Waals surface area contributed by atoms with E-state index in [1.54, 1.807) is 0 Å². The van der Waals surface area contributed by atoms with Crippen LogP contribution in [0.3, 0.4) is 0 Å². The zero-order valence-corrected chi connectivity index (χ0v) is 11.5. The molecule has 1 saturated heterocycles. The van der Waals surface area contributed by atoms with Crippen molar-refractivity contribution in [2.24, 2.45) is 0 Å². The van der Waals surface area contributed by atoms with E-state index in [1.807, 2.05) is 24.5 Å². The minimum atomic E-state index is 0.641.